The molecule has 0 atom stereocenters. The molecule has 244 valence electrons. The molecule has 6 aromatic rings. The molecule has 0 bridgehead atoms. The minimum atomic E-state index is -0.826. The van der Waals surface area contributed by atoms with E-state index in [2.05, 4.69) is 170 Å². The predicted molar refractivity (Wildman–Crippen MR) is 211 cm³/mol. The van der Waals surface area contributed by atoms with Crippen molar-refractivity contribution in [1.29, 1.82) is 0 Å². The third-order valence-corrected chi connectivity index (χ3v) is 8.26. The molecule has 6 aromatic carbocycles. The van der Waals surface area contributed by atoms with Crippen LogP contribution in [-0.2, 0) is 32.7 Å². The number of halogens is 2. The molecule has 0 N–H and O–H groups in total. The van der Waals surface area contributed by atoms with Gasteiger partial charge in [0.1, 0.15) is 0 Å². The van der Waals surface area contributed by atoms with Gasteiger partial charge in [-0.3, -0.25) is 0 Å². The fourth-order valence-electron chi connectivity index (χ4n) is 5.69. The van der Waals surface area contributed by atoms with Crippen molar-refractivity contribution in [1.82, 2.24) is 0 Å². The molecule has 0 amide bonds. The number of aryl methyl sites for hydroxylation is 1. The molecule has 0 aliphatic heterocycles. The Labute approximate surface area is 306 Å². The van der Waals surface area contributed by atoms with Crippen LogP contribution in [0.4, 0.5) is 0 Å². The summed E-state index contributed by atoms with van der Waals surface area (Å²) in [6, 6.07) is 42.4. The average Bonchev–Trinajstić information content (AvgIpc) is 3.72. The van der Waals surface area contributed by atoms with Gasteiger partial charge in [0, 0.05) is 9.52 Å². The molecule has 0 saturated carbocycles. The van der Waals surface area contributed by atoms with Gasteiger partial charge in [-0.15, -0.1) is 63.5 Å². The van der Waals surface area contributed by atoms with Crippen LogP contribution in [0.3, 0.4) is 0 Å². The van der Waals surface area contributed by atoms with E-state index < -0.39 is 20.8 Å². The minimum absolute atomic E-state index is 0.213. The van der Waals surface area contributed by atoms with Gasteiger partial charge in [-0.05, 0) is 40.0 Å². The molecule has 4 heteroatoms. The summed E-state index contributed by atoms with van der Waals surface area (Å²) in [5.74, 6) is 0.587. The summed E-state index contributed by atoms with van der Waals surface area (Å²) >= 11 is -0.826. The predicted octanol–water partition coefficient (Wildman–Crippen LogP) is 14.4. The van der Waals surface area contributed by atoms with Crippen molar-refractivity contribution in [2.45, 2.75) is 85.2 Å². The zero-order valence-electron chi connectivity index (χ0n) is 29.4. The van der Waals surface area contributed by atoms with Crippen molar-refractivity contribution >= 4 is 48.1 Å². The van der Waals surface area contributed by atoms with E-state index >= 15 is 0 Å². The molecule has 0 fully saturated rings. The SMILES string of the molecule is CC(C)(C)c1ccc(-c2cccc3[cH-]ccc23)cc1.CCCCc1cc2c(-c3ccc(C(C)C)cc3)cccc2[cH-]1.C[Si]C.[Cl][Zr+2][Cl]. The summed E-state index contributed by atoms with van der Waals surface area (Å²) < 4.78 is 0. The van der Waals surface area contributed by atoms with E-state index in [1.165, 1.54) is 79.8 Å². The van der Waals surface area contributed by atoms with Crippen LogP contribution < -0.4 is 0 Å². The summed E-state index contributed by atoms with van der Waals surface area (Å²) in [6.07, 6.45) is 3.72. The number of benzene rings is 4. The molecular formula is C43H50Cl2SiZr. The fourth-order valence-corrected chi connectivity index (χ4v) is 5.69. The molecule has 0 spiro atoms. The van der Waals surface area contributed by atoms with Crippen LogP contribution in [0, 0.1) is 0 Å². The molecule has 2 radical (unpaired) electrons. The standard InChI is InChI=1S/C22H25.C19H19.C2H6Si.2ClH.Zr/c1-4-5-7-17-14-20-8-6-9-21(22(20)15-17)19-12-10-18(11-13-19)16(2)3;1-19(2,3)16-12-10-15(11-13-16)18-9-5-7-14-6-4-8-17(14)18;1-3-2;;;/h6,8-16H,4-5,7H2,1-3H3;4-13H,1-3H3;1-2H3;2*1H;/q2*-1;;;;+4/p-2. The van der Waals surface area contributed by atoms with E-state index in [0.717, 1.165) is 9.52 Å². The van der Waals surface area contributed by atoms with Gasteiger partial charge in [0.15, 0.2) is 0 Å². The monoisotopic (exact) mass is 754 g/mol. The Morgan fingerprint density at radius 2 is 1.28 bits per heavy atom. The van der Waals surface area contributed by atoms with Gasteiger partial charge in [-0.1, -0.05) is 139 Å². The first-order valence-corrected chi connectivity index (χ1v) is 25.0. The number of rotatable bonds is 6. The van der Waals surface area contributed by atoms with Gasteiger partial charge < -0.3 is 0 Å². The van der Waals surface area contributed by atoms with Crippen molar-refractivity contribution in [2.75, 3.05) is 0 Å². The number of hydrogen-bond donors (Lipinski definition) is 0. The maximum absolute atomic E-state index is 4.93. The Balaban J connectivity index is 0.000000221. The third-order valence-electron chi connectivity index (χ3n) is 8.26. The summed E-state index contributed by atoms with van der Waals surface area (Å²) in [5, 5.41) is 5.42. The van der Waals surface area contributed by atoms with Crippen molar-refractivity contribution in [3.63, 3.8) is 0 Å². The van der Waals surface area contributed by atoms with Crippen LogP contribution in [0.25, 0.3) is 43.8 Å². The Morgan fingerprint density at radius 1 is 0.745 bits per heavy atom. The average molecular weight is 757 g/mol. The van der Waals surface area contributed by atoms with E-state index in [1.54, 1.807) is 0 Å². The summed E-state index contributed by atoms with van der Waals surface area (Å²) in [6.45, 7) is 17.8. The van der Waals surface area contributed by atoms with Crippen LogP contribution in [0.2, 0.25) is 13.1 Å². The molecule has 6 rings (SSSR count). The quantitative estimate of drug-likeness (QED) is 0.117. The molecule has 0 aromatic heterocycles. The second-order valence-electron chi connectivity index (χ2n) is 13.3. The molecule has 0 nitrogen and oxygen atoms in total. The molecule has 0 heterocycles. The Bertz CT molecular complexity index is 1750. The topological polar surface area (TPSA) is 0 Å². The second kappa shape index (κ2) is 19.7. The van der Waals surface area contributed by atoms with Gasteiger partial charge in [0.2, 0.25) is 0 Å². The molecule has 0 aliphatic carbocycles. The van der Waals surface area contributed by atoms with E-state index in [0.29, 0.717) is 5.92 Å². The van der Waals surface area contributed by atoms with Crippen molar-refractivity contribution in [3.8, 4) is 22.3 Å². The van der Waals surface area contributed by atoms with E-state index in [-0.39, 0.29) is 5.41 Å². The normalized spacial score (nSPS) is 10.8. The van der Waals surface area contributed by atoms with Crippen LogP contribution in [0.5, 0.6) is 0 Å². The summed E-state index contributed by atoms with van der Waals surface area (Å²) in [4.78, 5) is 0. The van der Waals surface area contributed by atoms with Gasteiger partial charge in [0.25, 0.3) is 0 Å². The Kier molecular flexibility index (Phi) is 16.4. The van der Waals surface area contributed by atoms with Gasteiger partial charge >= 0.3 is 37.9 Å². The maximum atomic E-state index is 4.93. The van der Waals surface area contributed by atoms with E-state index in [9.17, 15) is 0 Å². The molecule has 0 aliphatic rings. The van der Waals surface area contributed by atoms with Gasteiger partial charge in [0.05, 0.1) is 0 Å². The zero-order chi connectivity index (χ0) is 34.4. The summed E-state index contributed by atoms with van der Waals surface area (Å²) in [5.41, 5.74) is 9.77. The first-order valence-electron chi connectivity index (χ1n) is 16.7. The van der Waals surface area contributed by atoms with E-state index in [4.69, 9.17) is 17.0 Å². The first-order chi connectivity index (χ1) is 22.6. The fraction of sp³-hybridized carbons (Fsp3) is 0.302. The Morgan fingerprint density at radius 3 is 1.81 bits per heavy atom. The van der Waals surface area contributed by atoms with Crippen molar-refractivity contribution in [3.05, 3.63) is 132 Å². The van der Waals surface area contributed by atoms with Gasteiger partial charge in [-0.25, -0.2) is 0 Å². The molecular weight excluding hydrogens is 707 g/mol. The molecule has 47 heavy (non-hydrogen) atoms. The third kappa shape index (κ3) is 11.4. The zero-order valence-corrected chi connectivity index (χ0v) is 34.4. The summed E-state index contributed by atoms with van der Waals surface area (Å²) in [7, 11) is 11.0. The van der Waals surface area contributed by atoms with Crippen LogP contribution in [-0.4, -0.2) is 9.52 Å². The van der Waals surface area contributed by atoms with Crippen LogP contribution >= 0.6 is 17.0 Å². The van der Waals surface area contributed by atoms with E-state index in [1.807, 2.05) is 0 Å². The first kappa shape index (κ1) is 39.2. The molecule has 0 unspecified atom stereocenters. The number of unbranched alkanes of at least 4 members (excludes halogenated alkanes) is 1. The number of fused-ring (bicyclic) bond motifs is 2. The van der Waals surface area contributed by atoms with Gasteiger partial charge in [-0.2, -0.15) is 18.2 Å². The van der Waals surface area contributed by atoms with Crippen LogP contribution in [0.1, 0.15) is 77.0 Å². The van der Waals surface area contributed by atoms with Crippen molar-refractivity contribution in [2.24, 2.45) is 0 Å². The van der Waals surface area contributed by atoms with Crippen LogP contribution in [0.15, 0.2) is 115 Å². The molecule has 0 saturated heterocycles. The number of hydrogen-bond acceptors (Lipinski definition) is 0. The Hall–Kier alpha value is -2.22. The second-order valence-corrected chi connectivity index (χ2v) is 18.0. The van der Waals surface area contributed by atoms with Crippen molar-refractivity contribution < 1.29 is 20.8 Å².